The zero-order valence-electron chi connectivity index (χ0n) is 22.0. The van der Waals surface area contributed by atoms with Crippen LogP contribution in [0.15, 0.2) is 59.5 Å². The molecule has 2 aromatic heterocycles. The van der Waals surface area contributed by atoms with E-state index in [9.17, 15) is 13.2 Å². The minimum atomic E-state index is -3.74. The van der Waals surface area contributed by atoms with Crippen LogP contribution in [0.3, 0.4) is 0 Å². The molecule has 2 N–H and O–H groups in total. The number of aromatic nitrogens is 4. The van der Waals surface area contributed by atoms with Crippen LogP contribution in [0.25, 0.3) is 16.7 Å². The lowest BCUT2D eigenvalue weighted by molar-refractivity contribution is 0.242. The van der Waals surface area contributed by atoms with Gasteiger partial charge < -0.3 is 14.6 Å². The zero-order chi connectivity index (χ0) is 27.9. The Hall–Kier alpha value is -3.45. The van der Waals surface area contributed by atoms with Gasteiger partial charge in [-0.15, -0.1) is 0 Å². The highest BCUT2D eigenvalue weighted by atomic mass is 35.5. The number of fused-ring (bicyclic) bond motifs is 1. The first-order valence-electron chi connectivity index (χ1n) is 13.2. The molecule has 1 aliphatic carbocycles. The number of hydrogen-bond acceptors (Lipinski definition) is 7. The molecule has 0 unspecified atom stereocenters. The normalized spacial score (nSPS) is 17.3. The maximum Gasteiger partial charge on any atom is 0.316 e. The second-order valence-electron chi connectivity index (χ2n) is 10.6. The fourth-order valence-electron chi connectivity index (χ4n) is 4.70. The molecule has 40 heavy (non-hydrogen) atoms. The summed E-state index contributed by atoms with van der Waals surface area (Å²) in [6, 6.07) is 14.5. The molecule has 13 heteroatoms. The molecule has 0 amide bonds. The second-order valence-corrected chi connectivity index (χ2v) is 12.8. The summed E-state index contributed by atoms with van der Waals surface area (Å²) in [4.78, 5) is 23.1. The maximum atomic E-state index is 13.6. The molecule has 2 fully saturated rings. The quantitative estimate of drug-likeness (QED) is 0.310. The minimum Gasteiger partial charge on any atom is -0.486 e. The number of halogens is 1. The molecular weight excluding hydrogens is 554 g/mol. The number of piperazine rings is 1. The van der Waals surface area contributed by atoms with E-state index < -0.39 is 10.2 Å². The molecule has 0 spiro atoms. The molecule has 4 aromatic rings. The molecule has 1 saturated carbocycles. The van der Waals surface area contributed by atoms with E-state index in [1.54, 1.807) is 30.5 Å². The molecule has 0 radical (unpaired) electrons. The standard InChI is InChI=1S/C27H30ClN7O4S/c1-27(9-10-27)18-39-25-23(16-29-35(26(25)36)20-6-4-5-19(28)15-20)33-11-13-34(14-12-33)40(37,38)30-17-24-31-21-7-2-3-8-22(21)32-24/h2-8,15-16,30H,9-14,17-18H2,1H3,(H,31,32). The average molecular weight is 584 g/mol. The van der Waals surface area contributed by atoms with Gasteiger partial charge in [-0.3, -0.25) is 4.79 Å². The Labute approximate surface area is 236 Å². The van der Waals surface area contributed by atoms with Crippen molar-refractivity contribution in [2.24, 2.45) is 5.41 Å². The average Bonchev–Trinajstić information content (AvgIpc) is 3.53. The monoisotopic (exact) mass is 583 g/mol. The van der Waals surface area contributed by atoms with Gasteiger partial charge in [-0.2, -0.15) is 27.2 Å². The number of nitrogens with one attached hydrogen (secondary N) is 2. The van der Waals surface area contributed by atoms with Gasteiger partial charge in [0.2, 0.25) is 5.75 Å². The van der Waals surface area contributed by atoms with E-state index in [1.807, 2.05) is 29.2 Å². The van der Waals surface area contributed by atoms with Gasteiger partial charge in [0.15, 0.2) is 0 Å². The van der Waals surface area contributed by atoms with Crippen molar-refractivity contribution < 1.29 is 13.2 Å². The lowest BCUT2D eigenvalue weighted by atomic mass is 10.2. The molecule has 11 nitrogen and oxygen atoms in total. The van der Waals surface area contributed by atoms with Crippen molar-refractivity contribution in [3.8, 4) is 11.4 Å². The first kappa shape index (κ1) is 26.8. The Bertz CT molecular complexity index is 1680. The Kier molecular flexibility index (Phi) is 7.03. The van der Waals surface area contributed by atoms with Crippen molar-refractivity contribution in [2.45, 2.75) is 26.3 Å². The van der Waals surface area contributed by atoms with Crippen molar-refractivity contribution in [1.82, 2.24) is 28.8 Å². The first-order valence-corrected chi connectivity index (χ1v) is 15.0. The number of nitrogens with zero attached hydrogens (tertiary/aromatic N) is 5. The Morgan fingerprint density at radius 1 is 1.10 bits per heavy atom. The van der Waals surface area contributed by atoms with E-state index >= 15 is 0 Å². The van der Waals surface area contributed by atoms with Gasteiger partial charge in [-0.05, 0) is 43.2 Å². The molecule has 3 heterocycles. The lowest BCUT2D eigenvalue weighted by Gasteiger charge is -2.35. The summed E-state index contributed by atoms with van der Waals surface area (Å²) in [6.45, 7) is 3.84. The number of anilines is 1. The highest BCUT2D eigenvalue weighted by Crippen LogP contribution is 2.45. The molecule has 0 atom stereocenters. The van der Waals surface area contributed by atoms with Gasteiger partial charge >= 0.3 is 5.56 Å². The second kappa shape index (κ2) is 10.5. The number of hydrogen-bond donors (Lipinski definition) is 2. The topological polar surface area (TPSA) is 125 Å². The van der Waals surface area contributed by atoms with Gasteiger partial charge in [0.25, 0.3) is 10.2 Å². The number of H-pyrrole nitrogens is 1. The third kappa shape index (κ3) is 5.57. The van der Waals surface area contributed by atoms with Crippen LogP contribution in [0, 0.1) is 5.41 Å². The molecular formula is C27H30ClN7O4S. The van der Waals surface area contributed by atoms with Crippen molar-refractivity contribution in [1.29, 1.82) is 0 Å². The predicted molar refractivity (Wildman–Crippen MR) is 153 cm³/mol. The van der Waals surface area contributed by atoms with E-state index in [0.717, 1.165) is 23.9 Å². The van der Waals surface area contributed by atoms with Gasteiger partial charge in [0.05, 0.1) is 36.1 Å². The Morgan fingerprint density at radius 3 is 2.60 bits per heavy atom. The summed E-state index contributed by atoms with van der Waals surface area (Å²) >= 11 is 6.15. The van der Waals surface area contributed by atoms with Crippen LogP contribution in [-0.4, -0.2) is 65.3 Å². The summed E-state index contributed by atoms with van der Waals surface area (Å²) in [7, 11) is -3.74. The van der Waals surface area contributed by atoms with Crippen molar-refractivity contribution in [3.63, 3.8) is 0 Å². The highest BCUT2D eigenvalue weighted by molar-refractivity contribution is 7.87. The molecule has 2 aliphatic rings. The van der Waals surface area contributed by atoms with Crippen LogP contribution in [0.5, 0.6) is 5.75 Å². The molecule has 0 bridgehead atoms. The fourth-order valence-corrected chi connectivity index (χ4v) is 6.03. The molecule has 6 rings (SSSR count). The van der Waals surface area contributed by atoms with E-state index in [0.29, 0.717) is 41.9 Å². The van der Waals surface area contributed by atoms with Crippen LogP contribution >= 0.6 is 11.6 Å². The first-order chi connectivity index (χ1) is 19.2. The van der Waals surface area contributed by atoms with Crippen LogP contribution in [0.2, 0.25) is 5.02 Å². The van der Waals surface area contributed by atoms with Gasteiger partial charge in [-0.1, -0.05) is 36.7 Å². The third-order valence-corrected chi connectivity index (χ3v) is 9.20. The minimum absolute atomic E-state index is 0.0552. The van der Waals surface area contributed by atoms with E-state index in [2.05, 4.69) is 26.7 Å². The maximum absolute atomic E-state index is 13.6. The molecule has 1 saturated heterocycles. The van der Waals surface area contributed by atoms with Gasteiger partial charge in [0, 0.05) is 36.6 Å². The summed E-state index contributed by atoms with van der Waals surface area (Å²) in [6.07, 6.45) is 3.71. The Morgan fingerprint density at radius 2 is 1.88 bits per heavy atom. The number of benzene rings is 2. The summed E-state index contributed by atoms with van der Waals surface area (Å²) in [5.74, 6) is 0.753. The number of ether oxygens (including phenoxy) is 1. The third-order valence-electron chi connectivity index (χ3n) is 7.42. The summed E-state index contributed by atoms with van der Waals surface area (Å²) in [5, 5.41) is 4.90. The number of rotatable bonds is 9. The van der Waals surface area contributed by atoms with Crippen LogP contribution in [0.1, 0.15) is 25.6 Å². The predicted octanol–water partition coefficient (Wildman–Crippen LogP) is 3.10. The fraction of sp³-hybridized carbons (Fsp3) is 0.370. The Balaban J connectivity index is 1.17. The smallest absolute Gasteiger partial charge is 0.316 e. The summed E-state index contributed by atoms with van der Waals surface area (Å²) in [5.41, 5.74) is 2.41. The van der Waals surface area contributed by atoms with Crippen LogP contribution < -0.4 is 19.9 Å². The highest BCUT2D eigenvalue weighted by Gasteiger charge is 2.39. The van der Waals surface area contributed by atoms with Gasteiger partial charge in [-0.25, -0.2) is 4.98 Å². The number of aromatic amines is 1. The largest absolute Gasteiger partial charge is 0.486 e. The van der Waals surface area contributed by atoms with Crippen molar-refractivity contribution >= 4 is 38.5 Å². The number of imidazole rings is 1. The van der Waals surface area contributed by atoms with Crippen molar-refractivity contribution in [2.75, 3.05) is 37.7 Å². The SMILES string of the molecule is CC1(COc2c(N3CCN(S(=O)(=O)NCc4nc5ccccc5[nH]4)CC3)cnn(-c3cccc(Cl)c3)c2=O)CC1. The lowest BCUT2D eigenvalue weighted by Crippen LogP contribution is -2.52. The molecule has 1 aliphatic heterocycles. The van der Waals surface area contributed by atoms with Gasteiger partial charge in [0.1, 0.15) is 11.5 Å². The summed E-state index contributed by atoms with van der Waals surface area (Å²) < 4.78 is 37.5. The van der Waals surface area contributed by atoms with E-state index in [-0.39, 0.29) is 36.4 Å². The zero-order valence-corrected chi connectivity index (χ0v) is 23.6. The van der Waals surface area contributed by atoms with E-state index in [1.165, 1.54) is 8.99 Å². The molecule has 210 valence electrons. The van der Waals surface area contributed by atoms with E-state index in [4.69, 9.17) is 16.3 Å². The van der Waals surface area contributed by atoms with Crippen LogP contribution in [-0.2, 0) is 16.8 Å². The number of para-hydroxylation sites is 2. The van der Waals surface area contributed by atoms with Crippen LogP contribution in [0.4, 0.5) is 5.69 Å². The molecule has 2 aromatic carbocycles. The van der Waals surface area contributed by atoms with Crippen molar-refractivity contribution in [3.05, 3.63) is 75.9 Å².